The first kappa shape index (κ1) is 9.79. The number of rotatable bonds is 2. The second-order valence-electron chi connectivity index (χ2n) is 2.87. The molecule has 0 bridgehead atoms. The van der Waals surface area contributed by atoms with Crippen LogP contribution in [0.5, 0.6) is 0 Å². The Kier molecular flexibility index (Phi) is 2.31. The van der Waals surface area contributed by atoms with Crippen LogP contribution in [-0.2, 0) is 0 Å². The molecule has 0 N–H and O–H groups in total. The highest BCUT2D eigenvalue weighted by Gasteiger charge is 2.12. The van der Waals surface area contributed by atoms with Crippen molar-refractivity contribution in [3.05, 3.63) is 46.3 Å². The van der Waals surface area contributed by atoms with E-state index >= 15 is 0 Å². The summed E-state index contributed by atoms with van der Waals surface area (Å²) in [6.07, 6.45) is 1.42. The third-order valence-electron chi connectivity index (χ3n) is 1.85. The zero-order valence-electron chi connectivity index (χ0n) is 7.94. The molecule has 0 unspecified atom stereocenters. The van der Waals surface area contributed by atoms with Crippen LogP contribution in [0.15, 0.2) is 30.5 Å². The van der Waals surface area contributed by atoms with Crippen molar-refractivity contribution < 1.29 is 4.92 Å². The van der Waals surface area contributed by atoms with E-state index in [-0.39, 0.29) is 11.5 Å². The van der Waals surface area contributed by atoms with E-state index in [2.05, 4.69) is 10.1 Å². The van der Waals surface area contributed by atoms with Gasteiger partial charge in [0.25, 0.3) is 0 Å². The Balaban J connectivity index is 2.43. The zero-order valence-corrected chi connectivity index (χ0v) is 7.94. The van der Waals surface area contributed by atoms with E-state index in [0.717, 1.165) is 0 Å². The van der Waals surface area contributed by atoms with Crippen molar-refractivity contribution in [3.8, 4) is 11.9 Å². The number of nitro groups is 1. The SMILES string of the molecule is N#Cc1cccc(-n2ccc([N+](=O)[O-])n2)n1. The van der Waals surface area contributed by atoms with Gasteiger partial charge in [-0.05, 0) is 17.1 Å². The van der Waals surface area contributed by atoms with Crippen LogP contribution >= 0.6 is 0 Å². The Bertz CT molecular complexity index is 584. The minimum atomic E-state index is -0.593. The van der Waals surface area contributed by atoms with Gasteiger partial charge in [0.2, 0.25) is 0 Å². The predicted octanol–water partition coefficient (Wildman–Crippen LogP) is 1.05. The molecule has 0 aliphatic heterocycles. The van der Waals surface area contributed by atoms with Crippen molar-refractivity contribution in [2.45, 2.75) is 0 Å². The summed E-state index contributed by atoms with van der Waals surface area (Å²) in [7, 11) is 0. The highest BCUT2D eigenvalue weighted by Crippen LogP contribution is 2.10. The molecule has 0 aromatic carbocycles. The summed E-state index contributed by atoms with van der Waals surface area (Å²) in [5, 5.41) is 22.8. The molecule has 0 radical (unpaired) electrons. The Morgan fingerprint density at radius 3 is 2.88 bits per heavy atom. The second kappa shape index (κ2) is 3.78. The summed E-state index contributed by atoms with van der Waals surface area (Å²) in [6.45, 7) is 0. The average Bonchev–Trinajstić information content (AvgIpc) is 2.78. The van der Waals surface area contributed by atoms with Crippen LogP contribution in [0.1, 0.15) is 5.69 Å². The Hall–Kier alpha value is -2.75. The molecule has 0 amide bonds. The number of hydrogen-bond donors (Lipinski definition) is 0. The lowest BCUT2D eigenvalue weighted by Gasteiger charge is -1.94. The monoisotopic (exact) mass is 215 g/mol. The van der Waals surface area contributed by atoms with Crippen LogP contribution in [0, 0.1) is 21.4 Å². The highest BCUT2D eigenvalue weighted by atomic mass is 16.6. The first-order valence-corrected chi connectivity index (χ1v) is 4.28. The van der Waals surface area contributed by atoms with Crippen LogP contribution < -0.4 is 0 Å². The molecule has 0 fully saturated rings. The molecule has 0 saturated carbocycles. The van der Waals surface area contributed by atoms with Crippen molar-refractivity contribution in [1.82, 2.24) is 14.8 Å². The topological polar surface area (TPSA) is 97.6 Å². The molecule has 16 heavy (non-hydrogen) atoms. The van der Waals surface area contributed by atoms with Crippen molar-refractivity contribution in [1.29, 1.82) is 5.26 Å². The first-order chi connectivity index (χ1) is 7.70. The largest absolute Gasteiger partial charge is 0.390 e. The summed E-state index contributed by atoms with van der Waals surface area (Å²) in [4.78, 5) is 13.8. The summed E-state index contributed by atoms with van der Waals surface area (Å²) in [6, 6.07) is 7.93. The molecule has 7 heteroatoms. The lowest BCUT2D eigenvalue weighted by molar-refractivity contribution is -0.389. The number of nitriles is 1. The van der Waals surface area contributed by atoms with Crippen LogP contribution in [0.3, 0.4) is 0 Å². The molecule has 2 aromatic rings. The summed E-state index contributed by atoms with van der Waals surface area (Å²) >= 11 is 0. The smallest absolute Gasteiger partial charge is 0.358 e. The normalized spacial score (nSPS) is 9.69. The van der Waals surface area contributed by atoms with Crippen LogP contribution in [0.25, 0.3) is 5.82 Å². The van der Waals surface area contributed by atoms with Gasteiger partial charge in [-0.3, -0.25) is 0 Å². The van der Waals surface area contributed by atoms with E-state index < -0.39 is 4.92 Å². The van der Waals surface area contributed by atoms with Gasteiger partial charge in [0, 0.05) is 0 Å². The van der Waals surface area contributed by atoms with Gasteiger partial charge in [-0.2, -0.15) is 5.26 Å². The molecule has 78 valence electrons. The number of pyridine rings is 1. The third kappa shape index (κ3) is 1.72. The Morgan fingerprint density at radius 1 is 1.44 bits per heavy atom. The highest BCUT2D eigenvalue weighted by molar-refractivity contribution is 5.31. The summed E-state index contributed by atoms with van der Waals surface area (Å²) in [5.74, 6) is 0.108. The van der Waals surface area contributed by atoms with Crippen molar-refractivity contribution in [2.75, 3.05) is 0 Å². The fraction of sp³-hybridized carbons (Fsp3) is 0. The van der Waals surface area contributed by atoms with E-state index in [1.165, 1.54) is 16.9 Å². The fourth-order valence-electron chi connectivity index (χ4n) is 1.15. The fourth-order valence-corrected chi connectivity index (χ4v) is 1.15. The van der Waals surface area contributed by atoms with Gasteiger partial charge in [0.15, 0.2) is 5.82 Å². The van der Waals surface area contributed by atoms with E-state index in [0.29, 0.717) is 5.82 Å². The summed E-state index contributed by atoms with van der Waals surface area (Å²) < 4.78 is 1.25. The van der Waals surface area contributed by atoms with E-state index in [4.69, 9.17) is 5.26 Å². The van der Waals surface area contributed by atoms with E-state index in [9.17, 15) is 10.1 Å². The molecular weight excluding hydrogens is 210 g/mol. The molecule has 0 saturated heterocycles. The molecule has 0 aliphatic carbocycles. The maximum atomic E-state index is 10.4. The maximum Gasteiger partial charge on any atom is 0.390 e. The lowest BCUT2D eigenvalue weighted by atomic mass is 10.4. The molecule has 2 heterocycles. The van der Waals surface area contributed by atoms with Gasteiger partial charge in [-0.15, -0.1) is 4.68 Å². The third-order valence-corrected chi connectivity index (χ3v) is 1.85. The van der Waals surface area contributed by atoms with Crippen molar-refractivity contribution >= 4 is 5.82 Å². The average molecular weight is 215 g/mol. The number of nitrogens with zero attached hydrogens (tertiary/aromatic N) is 5. The molecule has 7 nitrogen and oxygen atoms in total. The Labute approximate surface area is 89.7 Å². The Morgan fingerprint density at radius 2 is 2.25 bits per heavy atom. The van der Waals surface area contributed by atoms with Gasteiger partial charge >= 0.3 is 5.82 Å². The van der Waals surface area contributed by atoms with Crippen LogP contribution in [-0.4, -0.2) is 19.7 Å². The quantitative estimate of drug-likeness (QED) is 0.550. The molecule has 0 spiro atoms. The maximum absolute atomic E-state index is 10.4. The molecule has 0 aliphatic rings. The summed E-state index contributed by atoms with van der Waals surface area (Å²) in [5.41, 5.74) is 0.232. The first-order valence-electron chi connectivity index (χ1n) is 4.28. The van der Waals surface area contributed by atoms with Gasteiger partial charge in [0.1, 0.15) is 11.8 Å². The van der Waals surface area contributed by atoms with Crippen LogP contribution in [0.2, 0.25) is 0 Å². The molecule has 2 aromatic heterocycles. The molecule has 0 atom stereocenters. The number of aromatic nitrogens is 3. The van der Waals surface area contributed by atoms with Crippen molar-refractivity contribution in [2.24, 2.45) is 0 Å². The van der Waals surface area contributed by atoms with Gasteiger partial charge in [-0.1, -0.05) is 6.07 Å². The standard InChI is InChI=1S/C9H5N5O2/c10-6-7-2-1-3-8(11-7)13-5-4-9(12-13)14(15)16/h1-5H. The minimum absolute atomic E-state index is 0.232. The predicted molar refractivity (Wildman–Crippen MR) is 52.7 cm³/mol. The minimum Gasteiger partial charge on any atom is -0.358 e. The van der Waals surface area contributed by atoms with Crippen LogP contribution in [0.4, 0.5) is 5.82 Å². The lowest BCUT2D eigenvalue weighted by Crippen LogP contribution is -2.00. The van der Waals surface area contributed by atoms with E-state index in [1.54, 1.807) is 18.2 Å². The number of hydrogen-bond acceptors (Lipinski definition) is 5. The molecular formula is C9H5N5O2. The zero-order chi connectivity index (χ0) is 11.5. The van der Waals surface area contributed by atoms with Crippen molar-refractivity contribution in [3.63, 3.8) is 0 Å². The van der Waals surface area contributed by atoms with Gasteiger partial charge in [-0.25, -0.2) is 4.98 Å². The second-order valence-corrected chi connectivity index (χ2v) is 2.87. The van der Waals surface area contributed by atoms with E-state index in [1.807, 2.05) is 6.07 Å². The molecule has 2 rings (SSSR count). The van der Waals surface area contributed by atoms with Gasteiger partial charge < -0.3 is 10.1 Å². The van der Waals surface area contributed by atoms with Gasteiger partial charge in [0.05, 0.1) is 17.4 Å².